The van der Waals surface area contributed by atoms with Gasteiger partial charge in [-0.3, -0.25) is 4.79 Å². The summed E-state index contributed by atoms with van der Waals surface area (Å²) in [6, 6.07) is 9.93. The summed E-state index contributed by atoms with van der Waals surface area (Å²) in [5.74, 6) is -1.37. The minimum atomic E-state index is -3.87. The highest BCUT2D eigenvalue weighted by molar-refractivity contribution is 7.89. The second-order valence-corrected chi connectivity index (χ2v) is 10.7. The molecule has 0 radical (unpaired) electrons. The maximum absolute atomic E-state index is 13.2. The summed E-state index contributed by atoms with van der Waals surface area (Å²) in [5.41, 5.74) is 1.84. The van der Waals surface area contributed by atoms with Gasteiger partial charge in [0.05, 0.1) is 16.7 Å². The Kier molecular flexibility index (Phi) is 7.34. The van der Waals surface area contributed by atoms with Crippen molar-refractivity contribution < 1.29 is 17.9 Å². The van der Waals surface area contributed by atoms with Gasteiger partial charge in [-0.25, -0.2) is 13.1 Å². The van der Waals surface area contributed by atoms with Crippen LogP contribution in [0, 0.1) is 0 Å². The van der Waals surface area contributed by atoms with Crippen LogP contribution in [0.5, 0.6) is 0 Å². The largest absolute Gasteiger partial charge is 0.465 e. The molecule has 1 aromatic heterocycles. The summed E-state index contributed by atoms with van der Waals surface area (Å²) in [7, 11) is -3.87. The lowest BCUT2D eigenvalue weighted by atomic mass is 9.91. The first-order chi connectivity index (χ1) is 15.8. The molecular weight excluding hydrogens is 483 g/mol. The van der Waals surface area contributed by atoms with Crippen LogP contribution in [0.15, 0.2) is 47.5 Å². The fourth-order valence-electron chi connectivity index (χ4n) is 4.47. The van der Waals surface area contributed by atoms with Crippen molar-refractivity contribution in [2.75, 3.05) is 6.61 Å². The van der Waals surface area contributed by atoms with Gasteiger partial charge >= 0.3 is 5.97 Å². The number of aromatic amines is 1. The predicted molar refractivity (Wildman–Crippen MR) is 130 cm³/mol. The molecule has 1 unspecified atom stereocenters. The normalized spacial score (nSPS) is 16.1. The van der Waals surface area contributed by atoms with Gasteiger partial charge in [0.25, 0.3) is 0 Å². The quantitative estimate of drug-likeness (QED) is 0.395. The van der Waals surface area contributed by atoms with Crippen molar-refractivity contribution in [3.63, 3.8) is 0 Å². The van der Waals surface area contributed by atoms with E-state index >= 15 is 0 Å². The van der Waals surface area contributed by atoms with Crippen molar-refractivity contribution in [3.8, 4) is 0 Å². The molecule has 1 aliphatic carbocycles. The van der Waals surface area contributed by atoms with Crippen LogP contribution in [0.1, 0.15) is 56.1 Å². The molecule has 1 heterocycles. The molecule has 0 aliphatic heterocycles. The molecule has 1 atom stereocenters. The van der Waals surface area contributed by atoms with E-state index in [1.54, 1.807) is 25.3 Å². The first-order valence-electron chi connectivity index (χ1n) is 11.1. The lowest BCUT2D eigenvalue weighted by Crippen LogP contribution is -2.36. The summed E-state index contributed by atoms with van der Waals surface area (Å²) in [6.07, 6.45) is 6.41. The fourth-order valence-corrected chi connectivity index (χ4v) is 6.59. The molecule has 1 fully saturated rings. The van der Waals surface area contributed by atoms with Gasteiger partial charge in [0.1, 0.15) is 10.8 Å². The highest BCUT2D eigenvalue weighted by Gasteiger charge is 2.31. The van der Waals surface area contributed by atoms with Crippen LogP contribution in [0.3, 0.4) is 0 Å². The highest BCUT2D eigenvalue weighted by atomic mass is 35.5. The third-order valence-electron chi connectivity index (χ3n) is 6.02. The number of hydrogen-bond acceptors (Lipinski definition) is 4. The number of hydrogen-bond donors (Lipinski definition) is 2. The van der Waals surface area contributed by atoms with E-state index in [2.05, 4.69) is 9.71 Å². The average molecular weight is 509 g/mol. The van der Waals surface area contributed by atoms with Crippen molar-refractivity contribution in [2.45, 2.75) is 55.9 Å². The molecule has 1 aliphatic rings. The minimum absolute atomic E-state index is 0.0486. The molecule has 4 rings (SSSR count). The van der Waals surface area contributed by atoms with Gasteiger partial charge in [-0.15, -0.1) is 0 Å². The van der Waals surface area contributed by atoms with E-state index < -0.39 is 21.9 Å². The number of rotatable bonds is 7. The molecular formula is C24H26Cl2N2O4S. The molecule has 0 saturated heterocycles. The van der Waals surface area contributed by atoms with Crippen molar-refractivity contribution in [3.05, 3.63) is 63.8 Å². The number of H-pyrrole nitrogens is 1. The summed E-state index contributed by atoms with van der Waals surface area (Å²) < 4.78 is 34.6. The van der Waals surface area contributed by atoms with E-state index in [-0.39, 0.29) is 22.6 Å². The van der Waals surface area contributed by atoms with Gasteiger partial charge in [-0.05, 0) is 55.2 Å². The zero-order valence-electron chi connectivity index (χ0n) is 18.2. The van der Waals surface area contributed by atoms with Gasteiger partial charge in [0, 0.05) is 23.1 Å². The molecule has 2 aromatic carbocycles. The number of esters is 1. The Morgan fingerprint density at radius 3 is 2.64 bits per heavy atom. The first kappa shape index (κ1) is 24.1. The van der Waals surface area contributed by atoms with Crippen LogP contribution in [-0.2, 0) is 19.6 Å². The summed E-state index contributed by atoms with van der Waals surface area (Å²) >= 11 is 12.8. The average Bonchev–Trinajstić information content (AvgIpc) is 3.20. The lowest BCUT2D eigenvalue weighted by molar-refractivity contribution is -0.143. The van der Waals surface area contributed by atoms with Crippen LogP contribution < -0.4 is 4.72 Å². The number of halogens is 2. The zero-order valence-corrected chi connectivity index (χ0v) is 20.6. The summed E-state index contributed by atoms with van der Waals surface area (Å²) in [4.78, 5) is 16.2. The summed E-state index contributed by atoms with van der Waals surface area (Å²) in [6.45, 7) is 1.91. The number of benzene rings is 2. The molecule has 9 heteroatoms. The Hall–Kier alpha value is -2.06. The highest BCUT2D eigenvalue weighted by Crippen LogP contribution is 2.37. The molecule has 0 amide bonds. The maximum Gasteiger partial charge on any atom is 0.317 e. The number of ether oxygens (including phenoxy) is 1. The van der Waals surface area contributed by atoms with Gasteiger partial charge in [-0.1, -0.05) is 54.6 Å². The van der Waals surface area contributed by atoms with E-state index in [0.29, 0.717) is 21.5 Å². The van der Waals surface area contributed by atoms with Gasteiger partial charge in [-0.2, -0.15) is 0 Å². The van der Waals surface area contributed by atoms with E-state index in [0.717, 1.165) is 37.6 Å². The SMILES string of the molecule is CCOC(=O)C(c1ccc(Cl)c(S(=O)(=O)NC2CCCCC2)c1)c1c[nH]c2cccc(Cl)c12. The van der Waals surface area contributed by atoms with Crippen LogP contribution in [0.4, 0.5) is 0 Å². The standard InChI is InChI=1S/C24H26Cl2N2O4S/c1-2-32-24(29)22(17-14-27-20-10-6-9-19(26)23(17)20)15-11-12-18(25)21(13-15)33(30,31)28-16-7-4-3-5-8-16/h6,9-14,16,22,27-28H,2-5,7-8H2,1H3. The lowest BCUT2D eigenvalue weighted by Gasteiger charge is -2.23. The van der Waals surface area contributed by atoms with Gasteiger partial charge < -0.3 is 9.72 Å². The van der Waals surface area contributed by atoms with Crippen molar-refractivity contribution in [2.24, 2.45) is 0 Å². The van der Waals surface area contributed by atoms with Crippen molar-refractivity contribution in [1.29, 1.82) is 0 Å². The van der Waals surface area contributed by atoms with Crippen molar-refractivity contribution in [1.82, 2.24) is 9.71 Å². The Morgan fingerprint density at radius 1 is 1.15 bits per heavy atom. The summed E-state index contributed by atoms with van der Waals surface area (Å²) in [5, 5.41) is 1.28. The van der Waals surface area contributed by atoms with Crippen LogP contribution in [0.25, 0.3) is 10.9 Å². The van der Waals surface area contributed by atoms with Gasteiger partial charge in [0.2, 0.25) is 10.0 Å². The number of aromatic nitrogens is 1. The smallest absolute Gasteiger partial charge is 0.317 e. The number of sulfonamides is 1. The van der Waals surface area contributed by atoms with E-state index in [9.17, 15) is 13.2 Å². The zero-order chi connectivity index (χ0) is 23.6. The van der Waals surface area contributed by atoms with E-state index in [4.69, 9.17) is 27.9 Å². The molecule has 2 N–H and O–H groups in total. The Bertz CT molecular complexity index is 1270. The number of fused-ring (bicyclic) bond motifs is 1. The third-order valence-corrected chi connectivity index (χ3v) is 8.34. The number of carbonyl (C=O) groups is 1. The molecule has 0 spiro atoms. The molecule has 176 valence electrons. The predicted octanol–water partition coefficient (Wildman–Crippen LogP) is 5.78. The Balaban J connectivity index is 1.79. The second-order valence-electron chi connectivity index (χ2n) is 8.24. The topological polar surface area (TPSA) is 88.3 Å². The minimum Gasteiger partial charge on any atom is -0.465 e. The molecule has 0 bridgehead atoms. The molecule has 1 saturated carbocycles. The van der Waals surface area contributed by atoms with Gasteiger partial charge in [0.15, 0.2) is 0 Å². The van der Waals surface area contributed by atoms with Crippen LogP contribution in [-0.4, -0.2) is 32.0 Å². The van der Waals surface area contributed by atoms with E-state index in [1.165, 1.54) is 12.1 Å². The van der Waals surface area contributed by atoms with Crippen molar-refractivity contribution >= 4 is 50.1 Å². The third kappa shape index (κ3) is 5.06. The fraction of sp³-hybridized carbons (Fsp3) is 0.375. The molecule has 33 heavy (non-hydrogen) atoms. The van der Waals surface area contributed by atoms with Crippen LogP contribution in [0.2, 0.25) is 10.0 Å². The molecule has 6 nitrogen and oxygen atoms in total. The maximum atomic E-state index is 13.2. The molecule has 3 aromatic rings. The second kappa shape index (κ2) is 10.1. The number of nitrogens with one attached hydrogen (secondary N) is 2. The monoisotopic (exact) mass is 508 g/mol. The first-order valence-corrected chi connectivity index (χ1v) is 13.3. The number of carbonyl (C=O) groups excluding carboxylic acids is 1. The Labute approximate surface area is 203 Å². The van der Waals surface area contributed by atoms with Crippen LogP contribution >= 0.6 is 23.2 Å². The van der Waals surface area contributed by atoms with E-state index in [1.807, 2.05) is 12.1 Å². The Morgan fingerprint density at radius 2 is 1.91 bits per heavy atom.